The molecule has 0 amide bonds. The number of fused-ring (bicyclic) bond motifs is 1. The lowest BCUT2D eigenvalue weighted by Crippen LogP contribution is -2.28. The molecule has 0 bridgehead atoms. The van der Waals surface area contributed by atoms with Gasteiger partial charge in [-0.2, -0.15) is 0 Å². The van der Waals surface area contributed by atoms with Gasteiger partial charge in [0.1, 0.15) is 22.3 Å². The molecule has 152 valence electrons. The summed E-state index contributed by atoms with van der Waals surface area (Å²) in [4.78, 5) is 2.40. The number of anilines is 1. The van der Waals surface area contributed by atoms with E-state index in [-0.39, 0.29) is 20.1 Å². The van der Waals surface area contributed by atoms with Crippen molar-refractivity contribution in [3.63, 3.8) is 0 Å². The second kappa shape index (κ2) is 8.79. The van der Waals surface area contributed by atoms with E-state index in [1.807, 2.05) is 36.4 Å². The van der Waals surface area contributed by atoms with Crippen molar-refractivity contribution in [3.8, 4) is 5.75 Å². The summed E-state index contributed by atoms with van der Waals surface area (Å²) >= 11 is 42.9. The SMILES string of the molecule is S=C1c2c(Cl)c(Cl)c(Cl)c(Cl)c2C(=S)N1c1ccc(OCc2ccccc2)c(Cl)c1. The summed E-state index contributed by atoms with van der Waals surface area (Å²) in [6.45, 7) is 0.397. The third kappa shape index (κ3) is 3.80. The van der Waals surface area contributed by atoms with Gasteiger partial charge in [0.25, 0.3) is 0 Å². The van der Waals surface area contributed by atoms with Crippen LogP contribution in [0.2, 0.25) is 25.1 Å². The largest absolute Gasteiger partial charge is 0.487 e. The molecule has 30 heavy (non-hydrogen) atoms. The second-order valence-corrected chi connectivity index (χ2v) is 9.03. The van der Waals surface area contributed by atoms with Crippen LogP contribution in [0.1, 0.15) is 16.7 Å². The monoisotopic (exact) mass is 531 g/mol. The van der Waals surface area contributed by atoms with Crippen LogP contribution < -0.4 is 9.64 Å². The molecule has 0 unspecified atom stereocenters. The Hall–Kier alpha value is -1.11. The number of thiocarbonyl (C=S) groups is 2. The van der Waals surface area contributed by atoms with Gasteiger partial charge in [0.05, 0.1) is 25.1 Å². The molecule has 0 saturated carbocycles. The number of benzene rings is 3. The molecule has 1 aliphatic rings. The first-order valence-electron chi connectivity index (χ1n) is 8.52. The van der Waals surface area contributed by atoms with Gasteiger partial charge >= 0.3 is 0 Å². The van der Waals surface area contributed by atoms with Crippen LogP contribution in [0, 0.1) is 0 Å². The van der Waals surface area contributed by atoms with Crippen molar-refractivity contribution >= 4 is 98.1 Å². The molecule has 0 spiro atoms. The van der Waals surface area contributed by atoms with Crippen LogP contribution in [0.25, 0.3) is 0 Å². The molecule has 4 rings (SSSR count). The van der Waals surface area contributed by atoms with Crippen molar-refractivity contribution in [1.82, 2.24) is 0 Å². The van der Waals surface area contributed by atoms with Crippen LogP contribution in [0.5, 0.6) is 5.75 Å². The van der Waals surface area contributed by atoms with Gasteiger partial charge in [0.2, 0.25) is 0 Å². The van der Waals surface area contributed by atoms with Crippen molar-refractivity contribution in [2.75, 3.05) is 4.90 Å². The molecule has 1 aliphatic heterocycles. The summed E-state index contributed by atoms with van der Waals surface area (Å²) in [6.07, 6.45) is 0. The zero-order valence-corrected chi connectivity index (χ0v) is 20.3. The fraction of sp³-hybridized carbons (Fsp3) is 0.0476. The van der Waals surface area contributed by atoms with Gasteiger partial charge in [-0.1, -0.05) is 113 Å². The van der Waals surface area contributed by atoms with Gasteiger partial charge in [-0.3, -0.25) is 4.90 Å². The van der Waals surface area contributed by atoms with E-state index in [1.165, 1.54) is 0 Å². The number of ether oxygens (including phenoxy) is 1. The Morgan fingerprint density at radius 3 is 1.83 bits per heavy atom. The maximum absolute atomic E-state index is 6.46. The summed E-state index contributed by atoms with van der Waals surface area (Å²) in [5.74, 6) is 0.542. The third-order valence-corrected chi connectivity index (χ3v) is 7.38. The molecule has 0 atom stereocenters. The Labute approximate surface area is 209 Å². The summed E-state index contributed by atoms with van der Waals surface area (Å²) < 4.78 is 5.83. The van der Waals surface area contributed by atoms with Crippen molar-refractivity contribution in [1.29, 1.82) is 0 Å². The Morgan fingerprint density at radius 2 is 1.30 bits per heavy atom. The Balaban J connectivity index is 1.65. The quantitative estimate of drug-likeness (QED) is 0.190. The number of rotatable bonds is 4. The minimum absolute atomic E-state index is 0.136. The molecule has 0 aromatic heterocycles. The zero-order chi connectivity index (χ0) is 21.6. The first kappa shape index (κ1) is 22.1. The first-order chi connectivity index (χ1) is 14.3. The van der Waals surface area contributed by atoms with Crippen LogP contribution in [-0.4, -0.2) is 9.98 Å². The number of hydrogen-bond acceptors (Lipinski definition) is 3. The van der Waals surface area contributed by atoms with Crippen molar-refractivity contribution in [2.24, 2.45) is 0 Å². The third-order valence-electron chi connectivity index (χ3n) is 4.51. The maximum Gasteiger partial charge on any atom is 0.138 e. The topological polar surface area (TPSA) is 12.5 Å². The van der Waals surface area contributed by atoms with Gasteiger partial charge in [-0.25, -0.2) is 0 Å². The normalized spacial score (nSPS) is 13.0. The molecule has 3 aromatic rings. The van der Waals surface area contributed by atoms with Crippen LogP contribution in [0.3, 0.4) is 0 Å². The minimum Gasteiger partial charge on any atom is -0.487 e. The molecule has 9 heteroatoms. The Kier molecular flexibility index (Phi) is 6.48. The zero-order valence-electron chi connectivity index (χ0n) is 14.9. The summed E-state index contributed by atoms with van der Waals surface area (Å²) in [5.41, 5.74) is 2.65. The lowest BCUT2D eigenvalue weighted by molar-refractivity contribution is 0.306. The summed E-state index contributed by atoms with van der Waals surface area (Å²) in [6, 6.07) is 15.1. The highest BCUT2D eigenvalue weighted by Gasteiger charge is 2.37. The molecular weight excluding hydrogens is 524 g/mol. The lowest BCUT2D eigenvalue weighted by atomic mass is 10.1. The van der Waals surface area contributed by atoms with Crippen LogP contribution in [-0.2, 0) is 6.61 Å². The number of hydrogen-bond donors (Lipinski definition) is 0. The highest BCUT2D eigenvalue weighted by atomic mass is 35.5. The molecule has 0 saturated heterocycles. The van der Waals surface area contributed by atoms with E-state index < -0.39 is 0 Å². The van der Waals surface area contributed by atoms with E-state index in [4.69, 9.17) is 87.2 Å². The van der Waals surface area contributed by atoms with Gasteiger partial charge in [-0.05, 0) is 23.8 Å². The first-order valence-corrected chi connectivity index (χ1v) is 11.2. The minimum atomic E-state index is 0.136. The average molecular weight is 534 g/mol. The van der Waals surface area contributed by atoms with Gasteiger partial charge in [0, 0.05) is 16.8 Å². The van der Waals surface area contributed by atoms with Crippen molar-refractivity contribution in [3.05, 3.63) is 90.3 Å². The Morgan fingerprint density at radius 1 is 0.733 bits per heavy atom. The second-order valence-electron chi connectivity index (χ2n) is 6.34. The van der Waals surface area contributed by atoms with Crippen LogP contribution >= 0.6 is 82.4 Å². The summed E-state index contributed by atoms with van der Waals surface area (Å²) in [7, 11) is 0. The fourth-order valence-corrected chi connectivity index (χ4v) is 5.30. The maximum atomic E-state index is 6.46. The van der Waals surface area contributed by atoms with Crippen LogP contribution in [0.4, 0.5) is 5.69 Å². The molecule has 1 heterocycles. The van der Waals surface area contributed by atoms with Gasteiger partial charge < -0.3 is 4.74 Å². The molecule has 0 N–H and O–H groups in total. The van der Waals surface area contributed by atoms with Gasteiger partial charge in [-0.15, -0.1) is 0 Å². The molecule has 0 aliphatic carbocycles. The molecule has 0 radical (unpaired) electrons. The van der Waals surface area contributed by atoms with E-state index in [0.717, 1.165) is 5.56 Å². The van der Waals surface area contributed by atoms with E-state index in [9.17, 15) is 0 Å². The van der Waals surface area contributed by atoms with E-state index in [0.29, 0.717) is 44.2 Å². The summed E-state index contributed by atoms with van der Waals surface area (Å²) in [5, 5.41) is 1.11. The van der Waals surface area contributed by atoms with Gasteiger partial charge in [0.15, 0.2) is 0 Å². The Bertz CT molecular complexity index is 1150. The molecule has 2 nitrogen and oxygen atoms in total. The van der Waals surface area contributed by atoms with E-state index in [2.05, 4.69) is 0 Å². The lowest BCUT2D eigenvalue weighted by Gasteiger charge is -2.19. The smallest absolute Gasteiger partial charge is 0.138 e. The number of halogens is 5. The van der Waals surface area contributed by atoms with Crippen molar-refractivity contribution < 1.29 is 4.74 Å². The molecular formula is C21H10Cl5NOS2. The standard InChI is InChI=1S/C21H10Cl5NOS2/c22-12-8-11(6-7-13(12)28-9-10-4-2-1-3-5-10)27-20(29)14-15(21(27)30)17(24)19(26)18(25)16(14)23/h1-8H,9H2. The predicted octanol–water partition coefficient (Wildman–Crippen LogP) is 8.40. The predicted molar refractivity (Wildman–Crippen MR) is 135 cm³/mol. The highest BCUT2D eigenvalue weighted by Crippen LogP contribution is 2.46. The highest BCUT2D eigenvalue weighted by molar-refractivity contribution is 7.83. The van der Waals surface area contributed by atoms with Crippen LogP contribution in [0.15, 0.2) is 48.5 Å². The molecule has 0 fully saturated rings. The molecule has 3 aromatic carbocycles. The van der Waals surface area contributed by atoms with E-state index >= 15 is 0 Å². The average Bonchev–Trinajstić information content (AvgIpc) is 3.00. The van der Waals surface area contributed by atoms with E-state index in [1.54, 1.807) is 17.0 Å². The fourth-order valence-electron chi connectivity index (χ4n) is 3.06. The number of nitrogens with zero attached hydrogens (tertiary/aromatic N) is 1. The van der Waals surface area contributed by atoms with Crippen molar-refractivity contribution in [2.45, 2.75) is 6.61 Å².